The zero-order chi connectivity index (χ0) is 24.1. The zero-order valence-electron chi connectivity index (χ0n) is 18.6. The van der Waals surface area contributed by atoms with Crippen LogP contribution in [-0.2, 0) is 4.74 Å². The van der Waals surface area contributed by atoms with Crippen LogP contribution in [0.3, 0.4) is 0 Å². The minimum atomic E-state index is -0.475. The molecular weight excluding hydrogens is 436 g/mol. The van der Waals surface area contributed by atoms with Gasteiger partial charge in [0.2, 0.25) is 0 Å². The molecule has 172 valence electrons. The lowest BCUT2D eigenvalue weighted by atomic mass is 10.1. The van der Waals surface area contributed by atoms with Crippen molar-refractivity contribution < 1.29 is 24.1 Å². The Labute approximate surface area is 195 Å². The minimum absolute atomic E-state index is 0.0933. The van der Waals surface area contributed by atoms with Gasteiger partial charge >= 0.3 is 5.97 Å². The maximum atomic E-state index is 12.1. The first kappa shape index (κ1) is 22.6. The fraction of sp³-hybridized carbons (Fsp3) is 0.160. The quantitative estimate of drug-likeness (QED) is 0.377. The number of rotatable bonds is 8. The Morgan fingerprint density at radius 1 is 1.18 bits per heavy atom. The molecule has 0 spiro atoms. The van der Waals surface area contributed by atoms with Crippen molar-refractivity contribution in [3.8, 4) is 23.3 Å². The van der Waals surface area contributed by atoms with E-state index in [0.29, 0.717) is 50.8 Å². The third kappa shape index (κ3) is 4.48. The summed E-state index contributed by atoms with van der Waals surface area (Å²) in [4.78, 5) is 12.1. The normalized spacial score (nSPS) is 10.5. The van der Waals surface area contributed by atoms with Crippen LogP contribution in [0.1, 0.15) is 21.5 Å². The lowest BCUT2D eigenvalue weighted by molar-refractivity contribution is 0.0600. The van der Waals surface area contributed by atoms with Gasteiger partial charge in [-0.15, -0.1) is 0 Å². The Kier molecular flexibility index (Phi) is 6.62. The van der Waals surface area contributed by atoms with Crippen LogP contribution in [0.2, 0.25) is 0 Å². The maximum absolute atomic E-state index is 12.1. The van der Waals surface area contributed by atoms with E-state index in [9.17, 15) is 10.1 Å². The summed E-state index contributed by atoms with van der Waals surface area (Å²) < 4.78 is 17.8. The molecule has 2 N–H and O–H groups in total. The number of aliphatic hydroxyl groups excluding tert-OH is 1. The summed E-state index contributed by atoms with van der Waals surface area (Å²) in [7, 11) is 1.32. The van der Waals surface area contributed by atoms with Gasteiger partial charge in [0.15, 0.2) is 11.5 Å². The van der Waals surface area contributed by atoms with Gasteiger partial charge in [-0.3, -0.25) is 0 Å². The van der Waals surface area contributed by atoms with Gasteiger partial charge < -0.3 is 24.6 Å². The van der Waals surface area contributed by atoms with Gasteiger partial charge in [0.1, 0.15) is 18.4 Å². The van der Waals surface area contributed by atoms with Gasteiger partial charge in [-0.1, -0.05) is 12.1 Å². The maximum Gasteiger partial charge on any atom is 0.339 e. The van der Waals surface area contributed by atoms with Crippen molar-refractivity contribution in [2.24, 2.45) is 0 Å². The van der Waals surface area contributed by atoms with Gasteiger partial charge in [0, 0.05) is 11.9 Å². The van der Waals surface area contributed by atoms with Crippen LogP contribution >= 0.6 is 0 Å². The van der Waals surface area contributed by atoms with Gasteiger partial charge in [0.25, 0.3) is 0 Å². The number of carbonyl (C=O) groups is 1. The second kappa shape index (κ2) is 9.94. The molecule has 0 radical (unpaired) electrons. The standard InChI is InChI=1S/C25H22N4O5/c1-16-20(25(31)32-2)15-29-24(16)23(17(13-26)14-27-29)28-18-7-9-19(10-8-18)34-22-6-4-3-5-21(22)33-12-11-30/h3-10,14-15,28,30H,11-12H2,1-2H3. The molecule has 0 aliphatic carbocycles. The van der Waals surface area contributed by atoms with E-state index < -0.39 is 5.97 Å². The van der Waals surface area contributed by atoms with Crippen molar-refractivity contribution in [3.63, 3.8) is 0 Å². The van der Waals surface area contributed by atoms with Crippen LogP contribution in [-0.4, -0.2) is 41.0 Å². The number of aliphatic hydroxyl groups is 1. The zero-order valence-corrected chi connectivity index (χ0v) is 18.6. The lowest BCUT2D eigenvalue weighted by Gasteiger charge is -2.13. The highest BCUT2D eigenvalue weighted by molar-refractivity contribution is 5.97. The van der Waals surface area contributed by atoms with E-state index in [2.05, 4.69) is 16.5 Å². The van der Waals surface area contributed by atoms with Crippen LogP contribution in [0.5, 0.6) is 17.2 Å². The number of hydrogen-bond acceptors (Lipinski definition) is 8. The fourth-order valence-electron chi connectivity index (χ4n) is 3.50. The number of aromatic nitrogens is 2. The number of nitrogens with one attached hydrogen (secondary N) is 1. The third-order valence-corrected chi connectivity index (χ3v) is 5.13. The van der Waals surface area contributed by atoms with E-state index in [-0.39, 0.29) is 13.2 Å². The number of hydrogen-bond donors (Lipinski definition) is 2. The molecule has 0 fully saturated rings. The number of carbonyl (C=O) groups excluding carboxylic acids is 1. The Morgan fingerprint density at radius 2 is 1.91 bits per heavy atom. The molecule has 2 heterocycles. The molecule has 2 aromatic heterocycles. The highest BCUT2D eigenvalue weighted by atomic mass is 16.5. The summed E-state index contributed by atoms with van der Waals surface area (Å²) in [5.41, 5.74) is 3.20. The van der Waals surface area contributed by atoms with Crippen molar-refractivity contribution >= 4 is 22.9 Å². The predicted octanol–water partition coefficient (Wildman–Crippen LogP) is 4.21. The van der Waals surface area contributed by atoms with Crippen molar-refractivity contribution in [1.82, 2.24) is 9.61 Å². The number of para-hydroxylation sites is 2. The third-order valence-electron chi connectivity index (χ3n) is 5.13. The van der Waals surface area contributed by atoms with Gasteiger partial charge in [-0.25, -0.2) is 9.31 Å². The second-order valence-corrected chi connectivity index (χ2v) is 7.27. The number of methoxy groups -OCH3 is 1. The van der Waals surface area contributed by atoms with E-state index in [4.69, 9.17) is 19.3 Å². The molecule has 0 unspecified atom stereocenters. The first-order valence-electron chi connectivity index (χ1n) is 10.4. The SMILES string of the molecule is COC(=O)c1cn2ncc(C#N)c(Nc3ccc(Oc4ccccc4OCCO)cc3)c2c1C. The highest BCUT2D eigenvalue weighted by Crippen LogP contribution is 2.34. The molecule has 0 saturated carbocycles. The van der Waals surface area contributed by atoms with Gasteiger partial charge in [0.05, 0.1) is 42.2 Å². The molecule has 0 aliphatic heterocycles. The summed E-state index contributed by atoms with van der Waals surface area (Å²) in [5.74, 6) is 1.16. The molecule has 0 bridgehead atoms. The van der Waals surface area contributed by atoms with Crippen LogP contribution in [0.15, 0.2) is 60.9 Å². The average molecular weight is 458 g/mol. The smallest absolute Gasteiger partial charge is 0.339 e. The van der Waals surface area contributed by atoms with E-state index in [1.165, 1.54) is 13.3 Å². The van der Waals surface area contributed by atoms with E-state index in [1.54, 1.807) is 41.9 Å². The van der Waals surface area contributed by atoms with E-state index in [0.717, 1.165) is 0 Å². The average Bonchev–Trinajstić information content (AvgIpc) is 3.21. The van der Waals surface area contributed by atoms with Crippen LogP contribution in [0.25, 0.3) is 5.52 Å². The Hall–Kier alpha value is -4.55. The number of nitrogens with zero attached hydrogens (tertiary/aromatic N) is 3. The van der Waals surface area contributed by atoms with Crippen LogP contribution in [0, 0.1) is 18.3 Å². The molecule has 34 heavy (non-hydrogen) atoms. The number of aryl methyl sites for hydroxylation is 1. The molecule has 0 atom stereocenters. The molecule has 0 amide bonds. The Morgan fingerprint density at radius 3 is 2.59 bits per heavy atom. The number of nitriles is 1. The molecule has 4 rings (SSSR count). The number of esters is 1. The van der Waals surface area contributed by atoms with Crippen molar-refractivity contribution in [3.05, 3.63) is 77.6 Å². The van der Waals surface area contributed by atoms with Crippen LogP contribution < -0.4 is 14.8 Å². The first-order chi connectivity index (χ1) is 16.5. The summed E-state index contributed by atoms with van der Waals surface area (Å²) in [5, 5.41) is 26.1. The number of fused-ring (bicyclic) bond motifs is 1. The highest BCUT2D eigenvalue weighted by Gasteiger charge is 2.20. The van der Waals surface area contributed by atoms with Crippen LogP contribution in [0.4, 0.5) is 11.4 Å². The number of ether oxygens (including phenoxy) is 3. The largest absolute Gasteiger partial charge is 0.487 e. The van der Waals surface area contributed by atoms with Crippen molar-refractivity contribution in [2.75, 3.05) is 25.6 Å². The van der Waals surface area contributed by atoms with Crippen molar-refractivity contribution in [1.29, 1.82) is 5.26 Å². The predicted molar refractivity (Wildman–Crippen MR) is 125 cm³/mol. The van der Waals surface area contributed by atoms with E-state index >= 15 is 0 Å². The Bertz CT molecular complexity index is 1370. The molecule has 0 saturated heterocycles. The molecule has 4 aromatic rings. The summed E-state index contributed by atoms with van der Waals surface area (Å²) in [6, 6.07) is 16.5. The van der Waals surface area contributed by atoms with Crippen molar-refractivity contribution in [2.45, 2.75) is 6.92 Å². The molecular formula is C25H22N4O5. The monoisotopic (exact) mass is 458 g/mol. The number of benzene rings is 2. The Balaban J connectivity index is 1.62. The first-order valence-corrected chi connectivity index (χ1v) is 10.4. The molecule has 9 nitrogen and oxygen atoms in total. The molecule has 9 heteroatoms. The molecule has 2 aromatic carbocycles. The molecule has 0 aliphatic rings. The summed E-state index contributed by atoms with van der Waals surface area (Å²) in [6.07, 6.45) is 3.02. The topological polar surface area (TPSA) is 118 Å². The second-order valence-electron chi connectivity index (χ2n) is 7.27. The van der Waals surface area contributed by atoms with E-state index in [1.807, 2.05) is 24.3 Å². The number of anilines is 2. The lowest BCUT2D eigenvalue weighted by Crippen LogP contribution is -2.02. The van der Waals surface area contributed by atoms with Gasteiger partial charge in [-0.2, -0.15) is 10.4 Å². The summed E-state index contributed by atoms with van der Waals surface area (Å²) >= 11 is 0. The van der Waals surface area contributed by atoms with Gasteiger partial charge in [-0.05, 0) is 48.9 Å². The minimum Gasteiger partial charge on any atom is -0.487 e. The summed E-state index contributed by atoms with van der Waals surface area (Å²) in [6.45, 7) is 1.86. The fourth-order valence-corrected chi connectivity index (χ4v) is 3.50.